The molecule has 1 aliphatic rings. The lowest BCUT2D eigenvalue weighted by Crippen LogP contribution is -2.12. The van der Waals surface area contributed by atoms with Crippen LogP contribution >= 0.6 is 11.3 Å². The Morgan fingerprint density at radius 1 is 1.11 bits per heavy atom. The zero-order chi connectivity index (χ0) is 26.3. The number of nitrogens with one attached hydrogen (secondary N) is 1. The van der Waals surface area contributed by atoms with Crippen molar-refractivity contribution in [1.82, 2.24) is 14.8 Å². The van der Waals surface area contributed by atoms with Crippen LogP contribution in [0.3, 0.4) is 0 Å². The molecule has 1 atom stereocenters. The molecule has 37 heavy (non-hydrogen) atoms. The van der Waals surface area contributed by atoms with Crippen LogP contribution in [0, 0.1) is 32.4 Å². The van der Waals surface area contributed by atoms with E-state index >= 15 is 0 Å². The molecule has 0 amide bonds. The van der Waals surface area contributed by atoms with Gasteiger partial charge in [-0.3, -0.25) is 14.4 Å². The lowest BCUT2D eigenvalue weighted by atomic mass is 9.99. The third-order valence-corrected chi connectivity index (χ3v) is 7.68. The number of carbonyl (C=O) groups is 1. The van der Waals surface area contributed by atoms with Crippen molar-refractivity contribution in [2.24, 2.45) is 4.99 Å². The summed E-state index contributed by atoms with van der Waals surface area (Å²) < 4.78 is 34.1. The summed E-state index contributed by atoms with van der Waals surface area (Å²) in [4.78, 5) is 18.5. The number of ether oxygens (including phenoxy) is 1. The Kier molecular flexibility index (Phi) is 6.59. The predicted octanol–water partition coefficient (Wildman–Crippen LogP) is 5.60. The molecule has 5 rings (SSSR count). The normalized spacial score (nSPS) is 14.4. The summed E-state index contributed by atoms with van der Waals surface area (Å²) in [5.74, 6) is -0.263. The zero-order valence-corrected chi connectivity index (χ0v) is 21.6. The topological polar surface area (TPSA) is 81.4 Å². The van der Waals surface area contributed by atoms with Gasteiger partial charge < -0.3 is 10.1 Å². The molecular weight excluding hydrogens is 496 g/mol. The third-order valence-electron chi connectivity index (χ3n) is 6.48. The quantitative estimate of drug-likeness (QED) is 0.334. The van der Waals surface area contributed by atoms with Gasteiger partial charge in [0.25, 0.3) is 0 Å². The fraction of sp³-hybridized carbons (Fsp3) is 0.259. The van der Waals surface area contributed by atoms with Gasteiger partial charge in [-0.2, -0.15) is 0 Å². The molecule has 3 heterocycles. The summed E-state index contributed by atoms with van der Waals surface area (Å²) >= 11 is 1.64. The number of aryl methyl sites for hydroxylation is 2. The zero-order valence-electron chi connectivity index (χ0n) is 20.8. The van der Waals surface area contributed by atoms with Crippen molar-refractivity contribution >= 4 is 28.7 Å². The largest absolute Gasteiger partial charge is 0.469 e. The van der Waals surface area contributed by atoms with Crippen molar-refractivity contribution in [1.29, 1.82) is 0 Å². The van der Waals surface area contributed by atoms with Gasteiger partial charge in [-0.1, -0.05) is 18.2 Å². The Morgan fingerprint density at radius 2 is 1.86 bits per heavy atom. The monoisotopic (exact) mass is 521 g/mol. The molecule has 2 aromatic carbocycles. The Morgan fingerprint density at radius 3 is 2.57 bits per heavy atom. The van der Waals surface area contributed by atoms with Gasteiger partial charge in [-0.15, -0.1) is 21.5 Å². The molecule has 0 unspecified atom stereocenters. The van der Waals surface area contributed by atoms with Crippen LogP contribution in [-0.4, -0.2) is 33.6 Å². The van der Waals surface area contributed by atoms with Crippen LogP contribution in [0.25, 0.3) is 5.00 Å². The number of aromatic nitrogens is 3. The smallest absolute Gasteiger partial charge is 0.308 e. The second-order valence-electron chi connectivity index (χ2n) is 8.84. The van der Waals surface area contributed by atoms with Gasteiger partial charge in [0.1, 0.15) is 28.5 Å². The number of carbonyl (C=O) groups excluding carboxylic acids is 1. The van der Waals surface area contributed by atoms with Crippen LogP contribution in [0.2, 0.25) is 0 Å². The first-order valence-electron chi connectivity index (χ1n) is 11.7. The highest BCUT2D eigenvalue weighted by Crippen LogP contribution is 2.39. The van der Waals surface area contributed by atoms with Crippen molar-refractivity contribution in [3.63, 3.8) is 0 Å². The molecule has 2 aromatic heterocycles. The molecule has 4 aromatic rings. The van der Waals surface area contributed by atoms with Gasteiger partial charge in [0.05, 0.1) is 19.2 Å². The number of methoxy groups -OCH3 is 1. The summed E-state index contributed by atoms with van der Waals surface area (Å²) in [7, 11) is 1.35. The predicted molar refractivity (Wildman–Crippen MR) is 139 cm³/mol. The molecule has 190 valence electrons. The first kappa shape index (κ1) is 24.8. The Labute approximate surface area is 216 Å². The Balaban J connectivity index is 1.52. The molecule has 0 bridgehead atoms. The number of thiophene rings is 1. The number of halogens is 2. The van der Waals surface area contributed by atoms with E-state index in [0.29, 0.717) is 11.4 Å². The number of fused-ring (bicyclic) bond motifs is 3. The van der Waals surface area contributed by atoms with Crippen molar-refractivity contribution < 1.29 is 18.3 Å². The number of anilines is 1. The van der Waals surface area contributed by atoms with Crippen molar-refractivity contribution in [2.75, 3.05) is 12.4 Å². The summed E-state index contributed by atoms with van der Waals surface area (Å²) in [5.41, 5.74) is 4.85. The molecule has 0 saturated carbocycles. The van der Waals surface area contributed by atoms with Crippen LogP contribution in [0.5, 0.6) is 0 Å². The highest BCUT2D eigenvalue weighted by atomic mass is 32.1. The van der Waals surface area contributed by atoms with E-state index in [-0.39, 0.29) is 18.9 Å². The van der Waals surface area contributed by atoms with Crippen LogP contribution in [0.1, 0.15) is 51.2 Å². The summed E-state index contributed by atoms with van der Waals surface area (Å²) in [6.07, 6.45) is 0.0357. The second kappa shape index (κ2) is 9.85. The highest BCUT2D eigenvalue weighted by molar-refractivity contribution is 7.15. The van der Waals surface area contributed by atoms with Gasteiger partial charge in [0.15, 0.2) is 5.82 Å². The lowest BCUT2D eigenvalue weighted by Gasteiger charge is -2.13. The molecule has 10 heteroatoms. The summed E-state index contributed by atoms with van der Waals surface area (Å²) in [6, 6.07) is 10.6. The molecule has 0 aliphatic carbocycles. The number of esters is 1. The summed E-state index contributed by atoms with van der Waals surface area (Å²) in [5, 5.41) is 12.8. The van der Waals surface area contributed by atoms with Gasteiger partial charge in [0, 0.05) is 39.9 Å². The van der Waals surface area contributed by atoms with E-state index in [4.69, 9.17) is 9.73 Å². The van der Waals surface area contributed by atoms with Gasteiger partial charge >= 0.3 is 5.97 Å². The molecule has 0 spiro atoms. The maximum absolute atomic E-state index is 14.0. The molecule has 0 radical (unpaired) electrons. The minimum atomic E-state index is -0.605. The van der Waals surface area contributed by atoms with Crippen LogP contribution < -0.4 is 5.32 Å². The SMILES string of the molecule is COC(=O)C[C@@H]1N=C(c2ccc(NCc3ccc(F)cc3F)cc2)c2c(sc(C)c2C)-n2c(C)nnc21. The summed E-state index contributed by atoms with van der Waals surface area (Å²) in [6.45, 7) is 6.23. The van der Waals surface area contributed by atoms with Crippen LogP contribution in [0.4, 0.5) is 14.5 Å². The van der Waals surface area contributed by atoms with E-state index in [2.05, 4.69) is 29.4 Å². The second-order valence-corrected chi connectivity index (χ2v) is 10.0. The van der Waals surface area contributed by atoms with E-state index in [1.807, 2.05) is 35.8 Å². The highest BCUT2D eigenvalue weighted by Gasteiger charge is 2.32. The number of aliphatic imine (C=N–C) groups is 1. The van der Waals surface area contributed by atoms with Crippen LogP contribution in [0.15, 0.2) is 47.5 Å². The molecule has 0 saturated heterocycles. The molecule has 1 N–H and O–H groups in total. The lowest BCUT2D eigenvalue weighted by molar-refractivity contribution is -0.141. The molecule has 0 fully saturated rings. The Bertz CT molecular complexity index is 1520. The fourth-order valence-corrected chi connectivity index (χ4v) is 5.59. The average molecular weight is 522 g/mol. The minimum absolute atomic E-state index is 0.0357. The number of benzene rings is 2. The maximum Gasteiger partial charge on any atom is 0.308 e. The standard InChI is InChI=1S/C27H25F2N5O2S/c1-14-15(2)37-27-24(14)25(31-22(12-23(35)36-4)26-33-32-16(3)34(26)27)17-6-9-20(10-7-17)30-13-18-5-8-19(28)11-21(18)29/h5-11,22,30H,12-13H2,1-4H3/t22-/m0/s1. The molecule has 7 nitrogen and oxygen atoms in total. The van der Waals surface area contributed by atoms with E-state index in [9.17, 15) is 13.6 Å². The van der Waals surface area contributed by atoms with E-state index in [0.717, 1.165) is 49.9 Å². The first-order valence-corrected chi connectivity index (χ1v) is 12.5. The fourth-order valence-electron chi connectivity index (χ4n) is 4.37. The van der Waals surface area contributed by atoms with Crippen molar-refractivity contribution in [2.45, 2.75) is 39.8 Å². The van der Waals surface area contributed by atoms with Crippen molar-refractivity contribution in [3.8, 4) is 5.00 Å². The number of hydrogen-bond donors (Lipinski definition) is 1. The number of nitrogens with zero attached hydrogens (tertiary/aromatic N) is 4. The average Bonchev–Trinajstić information content (AvgIpc) is 3.35. The van der Waals surface area contributed by atoms with Gasteiger partial charge in [-0.25, -0.2) is 8.78 Å². The Hall–Kier alpha value is -3.92. The van der Waals surface area contributed by atoms with E-state index in [1.165, 1.54) is 19.2 Å². The maximum atomic E-state index is 14.0. The minimum Gasteiger partial charge on any atom is -0.469 e. The third kappa shape index (κ3) is 4.64. The van der Waals surface area contributed by atoms with Gasteiger partial charge in [-0.05, 0) is 44.5 Å². The molecular formula is C27H25F2N5O2S. The van der Waals surface area contributed by atoms with E-state index in [1.54, 1.807) is 11.3 Å². The molecule has 1 aliphatic heterocycles. The number of hydrogen-bond acceptors (Lipinski definition) is 7. The first-order chi connectivity index (χ1) is 17.8. The van der Waals surface area contributed by atoms with Crippen LogP contribution in [-0.2, 0) is 16.1 Å². The van der Waals surface area contributed by atoms with Crippen molar-refractivity contribution in [3.05, 3.63) is 92.9 Å². The number of rotatable bonds is 6. The van der Waals surface area contributed by atoms with E-state index < -0.39 is 17.7 Å². The van der Waals surface area contributed by atoms with Gasteiger partial charge in [0.2, 0.25) is 0 Å².